The van der Waals surface area contributed by atoms with Crippen molar-refractivity contribution in [2.24, 2.45) is 5.14 Å². The normalized spacial score (nSPS) is 11.2. The quantitative estimate of drug-likeness (QED) is 0.547. The fourth-order valence-corrected chi connectivity index (χ4v) is 3.29. The molecule has 0 saturated carbocycles. The third-order valence-electron chi connectivity index (χ3n) is 3.57. The van der Waals surface area contributed by atoms with E-state index in [4.69, 9.17) is 29.0 Å². The molecule has 0 fully saturated rings. The zero-order valence-corrected chi connectivity index (χ0v) is 16.4. The van der Waals surface area contributed by atoms with Crippen molar-refractivity contribution in [1.29, 1.82) is 0 Å². The minimum Gasteiger partial charge on any atom is -0.332 e. The molecular formula is C17H16ClN5O2S2. The number of nitrogens with zero attached hydrogens (tertiary/aromatic N) is 2. The summed E-state index contributed by atoms with van der Waals surface area (Å²) in [5.74, 6) is 0. The van der Waals surface area contributed by atoms with Crippen molar-refractivity contribution < 1.29 is 8.42 Å². The number of halogens is 1. The Morgan fingerprint density at radius 1 is 1.15 bits per heavy atom. The monoisotopic (exact) mass is 421 g/mol. The lowest BCUT2D eigenvalue weighted by Gasteiger charge is -2.12. The molecule has 0 spiro atoms. The van der Waals surface area contributed by atoms with Gasteiger partial charge in [-0.25, -0.2) is 13.6 Å². The summed E-state index contributed by atoms with van der Waals surface area (Å²) in [5, 5.41) is 16.3. The summed E-state index contributed by atoms with van der Waals surface area (Å²) in [6.07, 6.45) is 3.34. The Morgan fingerprint density at radius 2 is 1.85 bits per heavy atom. The van der Waals surface area contributed by atoms with E-state index >= 15 is 0 Å². The Bertz CT molecular complexity index is 1060. The molecule has 0 unspecified atom stereocenters. The van der Waals surface area contributed by atoms with Gasteiger partial charge in [0.1, 0.15) is 0 Å². The van der Waals surface area contributed by atoms with Crippen LogP contribution in [0.2, 0.25) is 5.02 Å². The molecule has 140 valence electrons. The summed E-state index contributed by atoms with van der Waals surface area (Å²) in [6.45, 7) is 0.581. The van der Waals surface area contributed by atoms with Gasteiger partial charge in [-0.1, -0.05) is 23.7 Å². The lowest BCUT2D eigenvalue weighted by Crippen LogP contribution is -2.19. The SMILES string of the molecule is NS(=O)(=O)c1ccc(NC(=S)Nc2cccc(Cn3cc(Cl)cn3)c2)cc1. The van der Waals surface area contributed by atoms with Gasteiger partial charge in [0.25, 0.3) is 0 Å². The van der Waals surface area contributed by atoms with Crippen LogP contribution in [0.25, 0.3) is 0 Å². The molecule has 1 heterocycles. The number of hydrogen-bond acceptors (Lipinski definition) is 4. The topological polar surface area (TPSA) is 102 Å². The standard InChI is InChI=1S/C17H16ClN5O2S2/c18-13-9-20-23(11-13)10-12-2-1-3-15(8-12)22-17(26)21-14-4-6-16(7-5-14)27(19,24)25/h1-9,11H,10H2,(H2,19,24,25)(H2,21,22,26). The average molecular weight is 422 g/mol. The number of aromatic nitrogens is 2. The summed E-state index contributed by atoms with van der Waals surface area (Å²) in [7, 11) is -3.72. The number of primary sulfonamides is 1. The molecule has 0 aliphatic carbocycles. The second kappa shape index (κ2) is 8.05. The van der Waals surface area contributed by atoms with E-state index in [9.17, 15) is 8.42 Å². The van der Waals surface area contributed by atoms with Crippen molar-refractivity contribution in [1.82, 2.24) is 9.78 Å². The first-order chi connectivity index (χ1) is 12.8. The fraction of sp³-hybridized carbons (Fsp3) is 0.0588. The van der Waals surface area contributed by atoms with E-state index in [-0.39, 0.29) is 4.90 Å². The Labute approximate surface area is 167 Å². The van der Waals surface area contributed by atoms with E-state index in [2.05, 4.69) is 15.7 Å². The van der Waals surface area contributed by atoms with Crippen LogP contribution in [0.5, 0.6) is 0 Å². The van der Waals surface area contributed by atoms with Gasteiger partial charge in [-0.3, -0.25) is 4.68 Å². The Kier molecular flexibility index (Phi) is 5.76. The minimum atomic E-state index is -3.72. The van der Waals surface area contributed by atoms with Gasteiger partial charge in [-0.05, 0) is 54.2 Å². The van der Waals surface area contributed by atoms with E-state index in [0.29, 0.717) is 22.4 Å². The van der Waals surface area contributed by atoms with E-state index in [1.807, 2.05) is 24.3 Å². The maximum Gasteiger partial charge on any atom is 0.238 e. The lowest BCUT2D eigenvalue weighted by molar-refractivity contribution is 0.598. The number of anilines is 2. The summed E-state index contributed by atoms with van der Waals surface area (Å²) >= 11 is 11.2. The average Bonchev–Trinajstić information content (AvgIpc) is 2.99. The van der Waals surface area contributed by atoms with Crippen LogP contribution < -0.4 is 15.8 Å². The van der Waals surface area contributed by atoms with Crippen LogP contribution in [-0.2, 0) is 16.6 Å². The molecule has 27 heavy (non-hydrogen) atoms. The van der Waals surface area contributed by atoms with Crippen LogP contribution in [0.3, 0.4) is 0 Å². The van der Waals surface area contributed by atoms with Gasteiger partial charge in [0.05, 0.1) is 22.7 Å². The highest BCUT2D eigenvalue weighted by Gasteiger charge is 2.07. The van der Waals surface area contributed by atoms with Crippen LogP contribution in [0.1, 0.15) is 5.56 Å². The molecule has 2 aromatic carbocycles. The van der Waals surface area contributed by atoms with E-state index in [1.54, 1.807) is 29.2 Å². The zero-order valence-electron chi connectivity index (χ0n) is 14.0. The van der Waals surface area contributed by atoms with Crippen molar-refractivity contribution in [3.8, 4) is 0 Å². The summed E-state index contributed by atoms with van der Waals surface area (Å²) in [4.78, 5) is 0.0401. The van der Waals surface area contributed by atoms with Gasteiger partial charge in [0.15, 0.2) is 5.11 Å². The maximum absolute atomic E-state index is 11.3. The Hall–Kier alpha value is -2.46. The van der Waals surface area contributed by atoms with Crippen LogP contribution >= 0.6 is 23.8 Å². The highest BCUT2D eigenvalue weighted by molar-refractivity contribution is 7.89. The predicted octanol–water partition coefficient (Wildman–Crippen LogP) is 3.04. The minimum absolute atomic E-state index is 0.0401. The van der Waals surface area contributed by atoms with Gasteiger partial charge in [0.2, 0.25) is 10.0 Å². The van der Waals surface area contributed by atoms with Crippen molar-refractivity contribution in [2.75, 3.05) is 10.6 Å². The lowest BCUT2D eigenvalue weighted by atomic mass is 10.2. The molecule has 0 atom stereocenters. The van der Waals surface area contributed by atoms with Gasteiger partial charge >= 0.3 is 0 Å². The van der Waals surface area contributed by atoms with Crippen LogP contribution in [-0.4, -0.2) is 23.3 Å². The molecule has 0 bridgehead atoms. The van der Waals surface area contributed by atoms with E-state index in [1.165, 1.54) is 12.1 Å². The van der Waals surface area contributed by atoms with Crippen molar-refractivity contribution in [2.45, 2.75) is 11.4 Å². The number of sulfonamides is 1. The third kappa shape index (κ3) is 5.51. The molecule has 0 aliphatic heterocycles. The molecule has 0 radical (unpaired) electrons. The molecule has 1 aromatic heterocycles. The molecule has 0 amide bonds. The second-order valence-electron chi connectivity index (χ2n) is 5.71. The number of nitrogens with one attached hydrogen (secondary N) is 2. The summed E-state index contributed by atoms with van der Waals surface area (Å²) in [5.41, 5.74) is 2.48. The first-order valence-electron chi connectivity index (χ1n) is 7.77. The highest BCUT2D eigenvalue weighted by Crippen LogP contribution is 2.16. The number of rotatable bonds is 5. The molecule has 7 nitrogen and oxygen atoms in total. The maximum atomic E-state index is 11.3. The fourth-order valence-electron chi connectivity index (χ4n) is 2.38. The van der Waals surface area contributed by atoms with Gasteiger partial charge in [-0.15, -0.1) is 0 Å². The van der Waals surface area contributed by atoms with Gasteiger partial charge in [0, 0.05) is 17.6 Å². The van der Waals surface area contributed by atoms with Crippen molar-refractivity contribution in [3.05, 3.63) is 71.5 Å². The van der Waals surface area contributed by atoms with Crippen LogP contribution in [0.15, 0.2) is 65.8 Å². The number of hydrogen-bond donors (Lipinski definition) is 3. The molecule has 0 saturated heterocycles. The highest BCUT2D eigenvalue weighted by atomic mass is 35.5. The smallest absolute Gasteiger partial charge is 0.238 e. The molecule has 10 heteroatoms. The molecule has 4 N–H and O–H groups in total. The van der Waals surface area contributed by atoms with Crippen LogP contribution in [0, 0.1) is 0 Å². The van der Waals surface area contributed by atoms with Crippen LogP contribution in [0.4, 0.5) is 11.4 Å². The first-order valence-corrected chi connectivity index (χ1v) is 10.1. The van der Waals surface area contributed by atoms with Gasteiger partial charge < -0.3 is 10.6 Å². The Morgan fingerprint density at radius 3 is 2.48 bits per heavy atom. The van der Waals surface area contributed by atoms with Crippen molar-refractivity contribution >= 4 is 50.3 Å². The number of thiocarbonyl (C=S) groups is 1. The van der Waals surface area contributed by atoms with E-state index < -0.39 is 10.0 Å². The third-order valence-corrected chi connectivity index (χ3v) is 4.90. The largest absolute Gasteiger partial charge is 0.332 e. The first kappa shape index (κ1) is 19.3. The summed E-state index contributed by atoms with van der Waals surface area (Å²) in [6, 6.07) is 13.7. The predicted molar refractivity (Wildman–Crippen MR) is 110 cm³/mol. The zero-order chi connectivity index (χ0) is 19.4. The Balaban J connectivity index is 1.63. The second-order valence-corrected chi connectivity index (χ2v) is 8.11. The van der Waals surface area contributed by atoms with Gasteiger partial charge in [-0.2, -0.15) is 5.10 Å². The summed E-state index contributed by atoms with van der Waals surface area (Å²) < 4.78 is 24.3. The molecule has 3 rings (SSSR count). The molecular weight excluding hydrogens is 406 g/mol. The number of benzene rings is 2. The number of nitrogens with two attached hydrogens (primary N) is 1. The van der Waals surface area contributed by atoms with E-state index in [0.717, 1.165) is 11.3 Å². The van der Waals surface area contributed by atoms with Crippen molar-refractivity contribution in [3.63, 3.8) is 0 Å². The molecule has 0 aliphatic rings. The molecule has 3 aromatic rings.